The highest BCUT2D eigenvalue weighted by atomic mass is 32.2. The van der Waals surface area contributed by atoms with Crippen LogP contribution in [0.2, 0.25) is 0 Å². The maximum Gasteiger partial charge on any atom is 0.0208 e. The normalized spacial score (nSPS) is 26.6. The lowest BCUT2D eigenvalue weighted by atomic mass is 10.5. The third-order valence-corrected chi connectivity index (χ3v) is 9.74. The Morgan fingerprint density at radius 1 is 0.500 bits per heavy atom. The minimum atomic E-state index is 0.121. The van der Waals surface area contributed by atoms with Crippen molar-refractivity contribution in [1.82, 2.24) is 14.7 Å². The lowest BCUT2D eigenvalue weighted by Gasteiger charge is -2.38. The molecule has 0 aliphatic carbocycles. The molecule has 3 saturated heterocycles. The average Bonchev–Trinajstić information content (AvgIpc) is 2.57. The fourth-order valence-electron chi connectivity index (χ4n) is 3.21. The molecule has 0 aromatic carbocycles. The van der Waals surface area contributed by atoms with Crippen LogP contribution < -0.4 is 0 Å². The van der Waals surface area contributed by atoms with E-state index >= 15 is 0 Å². The summed E-state index contributed by atoms with van der Waals surface area (Å²) in [6, 6.07) is 0. The molecule has 0 spiro atoms. The molecule has 128 valence electrons. The molecule has 0 aromatic rings. The van der Waals surface area contributed by atoms with Crippen LogP contribution in [0.15, 0.2) is 0 Å². The van der Waals surface area contributed by atoms with Gasteiger partial charge in [-0.15, -0.1) is 0 Å². The first kappa shape index (κ1) is 18.2. The zero-order valence-corrected chi connectivity index (χ0v) is 17.0. The minimum Gasteiger partial charge on any atom is -0.298 e. The monoisotopic (exact) mass is 379 g/mol. The van der Waals surface area contributed by atoms with Gasteiger partial charge in [-0.25, -0.2) is 0 Å². The molecule has 3 aliphatic heterocycles. The van der Waals surface area contributed by atoms with E-state index in [4.69, 9.17) is 0 Å². The molecule has 3 nitrogen and oxygen atoms in total. The molecule has 0 amide bonds. The molecule has 0 N–H and O–H groups in total. The van der Waals surface area contributed by atoms with E-state index in [1.54, 1.807) is 0 Å². The van der Waals surface area contributed by atoms with Gasteiger partial charge in [-0.1, -0.05) is 7.92 Å². The highest BCUT2D eigenvalue weighted by Crippen LogP contribution is 2.39. The number of hydrogen-bond acceptors (Lipinski definition) is 6. The second-order valence-corrected chi connectivity index (χ2v) is 12.2. The van der Waals surface area contributed by atoms with E-state index in [2.05, 4.69) is 50.0 Å². The standard InChI is InChI=1S/C15H30N3PS3/c1-7-20-8-2-16(1)13-19(14-17-3-9-21-10-4-17)15-18-5-11-22-12-6-18/h1-15H2. The van der Waals surface area contributed by atoms with Crippen molar-refractivity contribution in [3.8, 4) is 0 Å². The Kier molecular flexibility index (Phi) is 8.56. The number of rotatable bonds is 6. The topological polar surface area (TPSA) is 9.72 Å². The molecule has 0 unspecified atom stereocenters. The molecule has 22 heavy (non-hydrogen) atoms. The Labute approximate surface area is 150 Å². The largest absolute Gasteiger partial charge is 0.298 e. The van der Waals surface area contributed by atoms with E-state index < -0.39 is 0 Å². The van der Waals surface area contributed by atoms with Crippen molar-refractivity contribution < 1.29 is 0 Å². The molecule has 3 fully saturated rings. The summed E-state index contributed by atoms with van der Waals surface area (Å²) in [5.41, 5.74) is 0. The second kappa shape index (κ2) is 10.4. The summed E-state index contributed by atoms with van der Waals surface area (Å²) in [5, 5.41) is 0. The van der Waals surface area contributed by atoms with Crippen LogP contribution in [0, 0.1) is 0 Å². The van der Waals surface area contributed by atoms with Crippen molar-refractivity contribution in [1.29, 1.82) is 0 Å². The van der Waals surface area contributed by atoms with Gasteiger partial charge in [-0.05, 0) is 0 Å². The molecule has 3 aliphatic rings. The van der Waals surface area contributed by atoms with Crippen LogP contribution in [0.4, 0.5) is 0 Å². The summed E-state index contributed by atoms with van der Waals surface area (Å²) in [6.07, 6.45) is 4.18. The van der Waals surface area contributed by atoms with Crippen molar-refractivity contribution in [3.05, 3.63) is 0 Å². The Hall–Kier alpha value is 1.36. The molecular formula is C15H30N3PS3. The summed E-state index contributed by atoms with van der Waals surface area (Å²) in [4.78, 5) is 8.29. The van der Waals surface area contributed by atoms with Crippen molar-refractivity contribution in [2.45, 2.75) is 0 Å². The minimum absolute atomic E-state index is 0.121. The summed E-state index contributed by atoms with van der Waals surface area (Å²) >= 11 is 6.41. The summed E-state index contributed by atoms with van der Waals surface area (Å²) < 4.78 is 0. The highest BCUT2D eigenvalue weighted by molar-refractivity contribution is 7.99. The van der Waals surface area contributed by atoms with E-state index in [0.717, 1.165) is 0 Å². The van der Waals surface area contributed by atoms with E-state index in [0.29, 0.717) is 0 Å². The van der Waals surface area contributed by atoms with E-state index in [1.807, 2.05) is 0 Å². The van der Waals surface area contributed by atoms with Gasteiger partial charge in [0.25, 0.3) is 0 Å². The van der Waals surface area contributed by atoms with Gasteiger partial charge in [0.2, 0.25) is 0 Å². The second-order valence-electron chi connectivity index (χ2n) is 6.29. The number of nitrogens with zero attached hydrogens (tertiary/aromatic N) is 3. The van der Waals surface area contributed by atoms with Gasteiger partial charge in [-0.2, -0.15) is 35.3 Å². The molecule has 7 heteroatoms. The molecule has 3 heterocycles. The Bertz CT molecular complexity index is 259. The van der Waals surface area contributed by atoms with Gasteiger partial charge in [0, 0.05) is 92.6 Å². The Morgan fingerprint density at radius 3 is 1.05 bits per heavy atom. The van der Waals surface area contributed by atoms with E-state index in [9.17, 15) is 0 Å². The molecule has 0 aromatic heterocycles. The van der Waals surface area contributed by atoms with Crippen molar-refractivity contribution in [2.24, 2.45) is 0 Å². The van der Waals surface area contributed by atoms with Gasteiger partial charge in [0.1, 0.15) is 0 Å². The third-order valence-electron chi connectivity index (χ3n) is 4.51. The average molecular weight is 380 g/mol. The Morgan fingerprint density at radius 2 is 0.773 bits per heavy atom. The SMILES string of the molecule is C1CN(CP(CN2CCSCC2)CN2CCSCC2)CCS1. The van der Waals surface area contributed by atoms with Crippen LogP contribution in [0.5, 0.6) is 0 Å². The van der Waals surface area contributed by atoms with Crippen molar-refractivity contribution in [2.75, 3.05) is 92.6 Å². The third kappa shape index (κ3) is 6.34. The zero-order chi connectivity index (χ0) is 15.0. The smallest absolute Gasteiger partial charge is 0.0208 e. The van der Waals surface area contributed by atoms with Crippen LogP contribution in [0.1, 0.15) is 0 Å². The van der Waals surface area contributed by atoms with Crippen molar-refractivity contribution in [3.63, 3.8) is 0 Å². The maximum absolute atomic E-state index is 2.76. The molecule has 0 bridgehead atoms. The summed E-state index contributed by atoms with van der Waals surface area (Å²) in [7, 11) is 0.121. The molecule has 0 saturated carbocycles. The van der Waals surface area contributed by atoms with Crippen LogP contribution in [0.25, 0.3) is 0 Å². The summed E-state index contributed by atoms with van der Waals surface area (Å²) in [6.45, 7) is 7.97. The van der Waals surface area contributed by atoms with Crippen molar-refractivity contribution >= 4 is 43.2 Å². The first-order chi connectivity index (χ1) is 10.9. The highest BCUT2D eigenvalue weighted by Gasteiger charge is 2.23. The fourth-order valence-corrected chi connectivity index (χ4v) is 8.96. The quantitative estimate of drug-likeness (QED) is 0.651. The van der Waals surface area contributed by atoms with Gasteiger partial charge in [0.15, 0.2) is 0 Å². The predicted octanol–water partition coefficient (Wildman–Crippen LogP) is 2.49. The predicted molar refractivity (Wildman–Crippen MR) is 108 cm³/mol. The number of hydrogen-bond donors (Lipinski definition) is 0. The van der Waals surface area contributed by atoms with Crippen LogP contribution in [0.3, 0.4) is 0 Å². The maximum atomic E-state index is 2.76. The first-order valence-electron chi connectivity index (χ1n) is 8.53. The van der Waals surface area contributed by atoms with E-state index in [-0.39, 0.29) is 7.92 Å². The van der Waals surface area contributed by atoms with E-state index in [1.165, 1.54) is 92.6 Å². The van der Waals surface area contributed by atoms with Crippen LogP contribution in [-0.2, 0) is 0 Å². The lowest BCUT2D eigenvalue weighted by molar-refractivity contribution is 0.320. The zero-order valence-electron chi connectivity index (χ0n) is 13.6. The molecule has 3 rings (SSSR count). The summed E-state index contributed by atoms with van der Waals surface area (Å²) in [5.74, 6) is 8.11. The van der Waals surface area contributed by atoms with Crippen LogP contribution in [-0.4, -0.2) is 107 Å². The molecule has 0 radical (unpaired) electrons. The number of thioether (sulfide) groups is 3. The first-order valence-corrected chi connectivity index (χ1v) is 13.9. The van der Waals surface area contributed by atoms with Crippen LogP contribution >= 0.6 is 43.2 Å². The van der Waals surface area contributed by atoms with Gasteiger partial charge >= 0.3 is 0 Å². The molecular weight excluding hydrogens is 349 g/mol. The van der Waals surface area contributed by atoms with Gasteiger partial charge in [-0.3, -0.25) is 14.7 Å². The van der Waals surface area contributed by atoms with Gasteiger partial charge in [0.05, 0.1) is 0 Å². The Balaban J connectivity index is 1.50. The fraction of sp³-hybridized carbons (Fsp3) is 1.00. The molecule has 0 atom stereocenters. The van der Waals surface area contributed by atoms with Gasteiger partial charge < -0.3 is 0 Å². The lowest BCUT2D eigenvalue weighted by Crippen LogP contribution is -2.40.